The molecule has 9 heteroatoms. The summed E-state index contributed by atoms with van der Waals surface area (Å²) >= 11 is 0. The highest BCUT2D eigenvalue weighted by atomic mass is 32.2. The van der Waals surface area contributed by atoms with Crippen molar-refractivity contribution in [1.29, 1.82) is 0 Å². The molecule has 0 aliphatic heterocycles. The van der Waals surface area contributed by atoms with Gasteiger partial charge in [-0.15, -0.1) is 10.2 Å². The minimum atomic E-state index is -3.37. The number of hydrogen-bond acceptors (Lipinski definition) is 6. The molecule has 0 bridgehead atoms. The van der Waals surface area contributed by atoms with Gasteiger partial charge >= 0.3 is 0 Å². The summed E-state index contributed by atoms with van der Waals surface area (Å²) in [6, 6.07) is 14.2. The normalized spacial score (nSPS) is 12.0. The highest BCUT2D eigenvalue weighted by Crippen LogP contribution is 2.41. The van der Waals surface area contributed by atoms with E-state index in [0.717, 1.165) is 22.8 Å². The predicted molar refractivity (Wildman–Crippen MR) is 135 cm³/mol. The summed E-state index contributed by atoms with van der Waals surface area (Å²) < 4.78 is 31.3. The lowest BCUT2D eigenvalue weighted by Gasteiger charge is -2.24. The maximum Gasteiger partial charge on any atom is 0.255 e. The molecule has 0 saturated carbocycles. The Labute approximate surface area is 198 Å². The van der Waals surface area contributed by atoms with Crippen LogP contribution in [0, 0.1) is 0 Å². The highest BCUT2D eigenvalue weighted by molar-refractivity contribution is 7.92. The molecule has 2 aromatic carbocycles. The number of benzene rings is 2. The predicted octanol–water partition coefficient (Wildman–Crippen LogP) is 4.33. The molecular formula is C25H26N4O4S. The van der Waals surface area contributed by atoms with Gasteiger partial charge in [0, 0.05) is 39.5 Å². The van der Waals surface area contributed by atoms with Gasteiger partial charge in [-0.05, 0) is 41.8 Å². The molecule has 0 amide bonds. The Morgan fingerprint density at radius 1 is 1.00 bits per heavy atom. The topological polar surface area (TPSA) is 114 Å². The Balaban J connectivity index is 1.96. The number of pyridine rings is 1. The van der Waals surface area contributed by atoms with E-state index in [4.69, 9.17) is 4.74 Å². The Hall–Kier alpha value is -3.72. The zero-order valence-electron chi connectivity index (χ0n) is 19.6. The molecule has 0 fully saturated rings. The zero-order chi connectivity index (χ0) is 24.7. The first-order valence-electron chi connectivity index (χ1n) is 10.6. The molecule has 4 aromatic rings. The fraction of sp³-hybridized carbons (Fsp3) is 0.240. The summed E-state index contributed by atoms with van der Waals surface area (Å²) in [6.07, 6.45) is 2.69. The molecule has 34 heavy (non-hydrogen) atoms. The summed E-state index contributed by atoms with van der Waals surface area (Å²) in [6.45, 7) is 6.25. The van der Waals surface area contributed by atoms with Crippen LogP contribution in [0.4, 0.5) is 5.69 Å². The number of fused-ring (bicyclic) bond motifs is 1. The molecule has 2 aromatic heterocycles. The first-order chi connectivity index (χ1) is 16.0. The van der Waals surface area contributed by atoms with Crippen LogP contribution in [0.25, 0.3) is 33.3 Å². The van der Waals surface area contributed by atoms with Gasteiger partial charge in [0.05, 0.1) is 19.1 Å². The van der Waals surface area contributed by atoms with E-state index in [9.17, 15) is 13.2 Å². The fourth-order valence-electron chi connectivity index (χ4n) is 3.87. The number of aromatic nitrogens is 3. The quantitative estimate of drug-likeness (QED) is 0.441. The van der Waals surface area contributed by atoms with E-state index in [0.29, 0.717) is 33.8 Å². The first kappa shape index (κ1) is 23.4. The van der Waals surface area contributed by atoms with Gasteiger partial charge in [-0.25, -0.2) is 8.42 Å². The Morgan fingerprint density at radius 2 is 1.71 bits per heavy atom. The lowest BCUT2D eigenvalue weighted by atomic mass is 9.83. The third kappa shape index (κ3) is 4.65. The number of ether oxygens (including phenoxy) is 1. The van der Waals surface area contributed by atoms with Crippen LogP contribution in [-0.2, 0) is 15.4 Å². The standard InChI is InChI=1S/C25H26N4O4S/c1-25(2,3)20-13-18(17-7-6-12-26-24(17)30)22-19(23(20)33-4)14-21(27-28-22)15-8-10-16(11-9-15)29-34(5,31)32/h6-14,29H,1-5H3,(H,26,30). The number of aromatic amines is 1. The van der Waals surface area contributed by atoms with Gasteiger partial charge < -0.3 is 9.72 Å². The maximum absolute atomic E-state index is 12.6. The van der Waals surface area contributed by atoms with E-state index in [2.05, 4.69) is 40.7 Å². The number of sulfonamides is 1. The van der Waals surface area contributed by atoms with Gasteiger partial charge in [-0.3, -0.25) is 9.52 Å². The molecule has 2 N–H and O–H groups in total. The Kier molecular flexibility index (Phi) is 5.91. The molecule has 0 saturated heterocycles. The van der Waals surface area contributed by atoms with Gasteiger partial charge in [0.1, 0.15) is 11.3 Å². The lowest BCUT2D eigenvalue weighted by molar-refractivity contribution is 0.402. The van der Waals surface area contributed by atoms with Crippen molar-refractivity contribution in [2.75, 3.05) is 18.1 Å². The second kappa shape index (κ2) is 8.57. The van der Waals surface area contributed by atoms with Crippen LogP contribution >= 0.6 is 0 Å². The Morgan fingerprint density at radius 3 is 2.29 bits per heavy atom. The van der Waals surface area contributed by atoms with E-state index in [1.807, 2.05) is 12.1 Å². The van der Waals surface area contributed by atoms with Crippen LogP contribution in [0.15, 0.2) is 59.5 Å². The second-order valence-electron chi connectivity index (χ2n) is 9.11. The molecule has 176 valence electrons. The zero-order valence-corrected chi connectivity index (χ0v) is 20.4. The molecule has 0 spiro atoms. The number of hydrogen-bond donors (Lipinski definition) is 2. The van der Waals surface area contributed by atoms with Crippen LogP contribution in [0.3, 0.4) is 0 Å². The van der Waals surface area contributed by atoms with Gasteiger partial charge in [-0.1, -0.05) is 32.9 Å². The van der Waals surface area contributed by atoms with Crippen molar-refractivity contribution >= 4 is 26.6 Å². The molecule has 2 heterocycles. The van der Waals surface area contributed by atoms with E-state index in [1.165, 1.54) is 0 Å². The van der Waals surface area contributed by atoms with Crippen LogP contribution in [0.5, 0.6) is 5.75 Å². The number of methoxy groups -OCH3 is 1. The largest absolute Gasteiger partial charge is 0.496 e. The molecule has 8 nitrogen and oxygen atoms in total. The number of nitrogens with zero attached hydrogens (tertiary/aromatic N) is 2. The van der Waals surface area contributed by atoms with Crippen molar-refractivity contribution in [3.8, 4) is 28.1 Å². The van der Waals surface area contributed by atoms with Gasteiger partial charge in [-0.2, -0.15) is 0 Å². The SMILES string of the molecule is COc1c(C(C)(C)C)cc(-c2ccc[nH]c2=O)c2nnc(-c3ccc(NS(C)(=O)=O)cc3)cc12. The van der Waals surface area contributed by atoms with Gasteiger partial charge in [0.25, 0.3) is 5.56 Å². The second-order valence-corrected chi connectivity index (χ2v) is 10.9. The smallest absolute Gasteiger partial charge is 0.255 e. The van der Waals surface area contributed by atoms with Crippen molar-refractivity contribution in [1.82, 2.24) is 15.2 Å². The number of H-pyrrole nitrogens is 1. The van der Waals surface area contributed by atoms with E-state index >= 15 is 0 Å². The van der Waals surface area contributed by atoms with Crippen molar-refractivity contribution in [2.45, 2.75) is 26.2 Å². The summed E-state index contributed by atoms with van der Waals surface area (Å²) in [7, 11) is -1.75. The highest BCUT2D eigenvalue weighted by Gasteiger charge is 2.25. The van der Waals surface area contributed by atoms with Gasteiger partial charge in [0.15, 0.2) is 0 Å². The summed E-state index contributed by atoms with van der Waals surface area (Å²) in [5.41, 5.74) is 4.00. The van der Waals surface area contributed by atoms with E-state index < -0.39 is 10.0 Å². The average molecular weight is 479 g/mol. The van der Waals surface area contributed by atoms with E-state index in [-0.39, 0.29) is 11.0 Å². The maximum atomic E-state index is 12.6. The van der Waals surface area contributed by atoms with Crippen LogP contribution < -0.4 is 15.0 Å². The van der Waals surface area contributed by atoms with Crippen LogP contribution in [0.1, 0.15) is 26.3 Å². The molecule has 4 rings (SSSR count). The number of rotatable bonds is 5. The monoisotopic (exact) mass is 478 g/mol. The molecule has 0 aliphatic carbocycles. The first-order valence-corrected chi connectivity index (χ1v) is 12.5. The lowest BCUT2D eigenvalue weighted by Crippen LogP contribution is -2.15. The van der Waals surface area contributed by atoms with Crippen LogP contribution in [0.2, 0.25) is 0 Å². The number of nitrogens with one attached hydrogen (secondary N) is 2. The summed E-state index contributed by atoms with van der Waals surface area (Å²) in [4.78, 5) is 15.3. The van der Waals surface area contributed by atoms with Crippen molar-refractivity contribution < 1.29 is 13.2 Å². The van der Waals surface area contributed by atoms with Crippen LogP contribution in [-0.4, -0.2) is 37.0 Å². The molecular weight excluding hydrogens is 452 g/mol. The average Bonchev–Trinajstić information content (AvgIpc) is 2.77. The minimum absolute atomic E-state index is 0.214. The number of anilines is 1. The summed E-state index contributed by atoms with van der Waals surface area (Å²) in [5.74, 6) is 0.671. The fourth-order valence-corrected chi connectivity index (χ4v) is 4.43. The van der Waals surface area contributed by atoms with Crippen molar-refractivity contribution in [3.05, 3.63) is 70.6 Å². The van der Waals surface area contributed by atoms with Crippen molar-refractivity contribution in [3.63, 3.8) is 0 Å². The third-order valence-electron chi connectivity index (χ3n) is 5.43. The third-order valence-corrected chi connectivity index (χ3v) is 6.04. The van der Waals surface area contributed by atoms with E-state index in [1.54, 1.807) is 49.7 Å². The molecule has 0 atom stereocenters. The Bertz CT molecular complexity index is 1540. The molecule has 0 aliphatic rings. The minimum Gasteiger partial charge on any atom is -0.496 e. The molecule has 0 radical (unpaired) electrons. The van der Waals surface area contributed by atoms with Gasteiger partial charge in [0.2, 0.25) is 10.0 Å². The molecule has 0 unspecified atom stereocenters. The van der Waals surface area contributed by atoms with Crippen molar-refractivity contribution in [2.24, 2.45) is 0 Å². The summed E-state index contributed by atoms with van der Waals surface area (Å²) in [5, 5.41) is 9.64.